The highest BCUT2D eigenvalue weighted by Gasteiger charge is 2.25. The number of para-hydroxylation sites is 2. The third-order valence-electron chi connectivity index (χ3n) is 5.89. The van der Waals surface area contributed by atoms with Crippen LogP contribution in [0.4, 0.5) is 5.13 Å². The van der Waals surface area contributed by atoms with Crippen molar-refractivity contribution in [2.24, 2.45) is 0 Å². The van der Waals surface area contributed by atoms with Gasteiger partial charge in [-0.1, -0.05) is 41.7 Å². The van der Waals surface area contributed by atoms with Gasteiger partial charge in [-0.3, -0.25) is 14.6 Å². The van der Waals surface area contributed by atoms with Gasteiger partial charge in [0, 0.05) is 32.2 Å². The van der Waals surface area contributed by atoms with Crippen molar-refractivity contribution in [3.63, 3.8) is 0 Å². The lowest BCUT2D eigenvalue weighted by Gasteiger charge is -2.29. The average molecular weight is 526 g/mol. The lowest BCUT2D eigenvalue weighted by atomic mass is 10.1. The number of ether oxygens (including phenoxy) is 3. The van der Waals surface area contributed by atoms with Gasteiger partial charge in [-0.05, 0) is 36.4 Å². The Morgan fingerprint density at radius 1 is 1.03 bits per heavy atom. The van der Waals surface area contributed by atoms with Gasteiger partial charge in [-0.15, -0.1) is 12.4 Å². The van der Waals surface area contributed by atoms with Crippen molar-refractivity contribution in [1.82, 2.24) is 9.88 Å². The fourth-order valence-corrected chi connectivity index (χ4v) is 4.95. The van der Waals surface area contributed by atoms with Gasteiger partial charge in [0.25, 0.3) is 5.91 Å². The van der Waals surface area contributed by atoms with Crippen LogP contribution < -0.4 is 14.4 Å². The van der Waals surface area contributed by atoms with Crippen molar-refractivity contribution in [3.8, 4) is 17.2 Å². The first-order valence-corrected chi connectivity index (χ1v) is 12.4. The Balaban J connectivity index is 0.00000304. The van der Waals surface area contributed by atoms with Gasteiger partial charge in [0.15, 0.2) is 5.13 Å². The fraction of sp³-hybridized carbons (Fsp3) is 0.259. The molecule has 0 atom stereocenters. The number of carbonyl (C=O) groups excluding carboxylic acids is 1. The van der Waals surface area contributed by atoms with E-state index < -0.39 is 0 Å². The van der Waals surface area contributed by atoms with E-state index in [0.717, 1.165) is 35.6 Å². The molecule has 9 heteroatoms. The van der Waals surface area contributed by atoms with E-state index >= 15 is 0 Å². The summed E-state index contributed by atoms with van der Waals surface area (Å²) in [5.41, 5.74) is 1.30. The van der Waals surface area contributed by atoms with Crippen molar-refractivity contribution in [3.05, 3.63) is 78.4 Å². The molecule has 0 saturated carbocycles. The number of carbonyl (C=O) groups is 1. The molecule has 3 aromatic carbocycles. The maximum absolute atomic E-state index is 14.0. The third-order valence-corrected chi connectivity index (χ3v) is 6.95. The quantitative estimate of drug-likeness (QED) is 0.303. The van der Waals surface area contributed by atoms with Crippen LogP contribution in [-0.4, -0.2) is 62.3 Å². The van der Waals surface area contributed by atoms with Gasteiger partial charge in [0.05, 0.1) is 36.1 Å². The number of thiazole rings is 1. The summed E-state index contributed by atoms with van der Waals surface area (Å²) < 4.78 is 17.9. The van der Waals surface area contributed by atoms with Crippen LogP contribution in [0, 0.1) is 0 Å². The number of methoxy groups -OCH3 is 1. The minimum atomic E-state index is -0.143. The Morgan fingerprint density at radius 3 is 2.56 bits per heavy atom. The molecular weight excluding hydrogens is 498 g/mol. The average Bonchev–Trinajstić information content (AvgIpc) is 3.33. The van der Waals surface area contributed by atoms with Crippen molar-refractivity contribution < 1.29 is 19.0 Å². The highest BCUT2D eigenvalue weighted by Crippen LogP contribution is 2.33. The van der Waals surface area contributed by atoms with Crippen LogP contribution in [0.1, 0.15) is 10.4 Å². The van der Waals surface area contributed by atoms with Crippen LogP contribution in [0.15, 0.2) is 72.8 Å². The summed E-state index contributed by atoms with van der Waals surface area (Å²) in [7, 11) is 1.64. The Morgan fingerprint density at radius 2 is 1.78 bits per heavy atom. The standard InChI is InChI=1S/C27H27N3O4S.ClH/c1-32-21-11-12-25-23(19-21)28-27(35-25)30(14-13-29-15-17-33-18-16-29)26(31)22-9-5-6-10-24(22)34-20-7-3-2-4-8-20;/h2-12,19H,13-18H2,1H3;1H. The van der Waals surface area contributed by atoms with Crippen LogP contribution in [0.2, 0.25) is 0 Å². The van der Waals surface area contributed by atoms with Gasteiger partial charge in [0.2, 0.25) is 0 Å². The van der Waals surface area contributed by atoms with E-state index in [-0.39, 0.29) is 18.3 Å². The number of anilines is 1. The molecule has 2 heterocycles. The Kier molecular flexibility index (Phi) is 8.77. The van der Waals surface area contributed by atoms with E-state index in [9.17, 15) is 4.79 Å². The molecule has 0 radical (unpaired) electrons. The zero-order valence-electron chi connectivity index (χ0n) is 20.0. The normalized spacial score (nSPS) is 13.7. The van der Waals surface area contributed by atoms with Gasteiger partial charge in [0.1, 0.15) is 17.2 Å². The lowest BCUT2D eigenvalue weighted by molar-refractivity contribution is 0.0391. The number of benzene rings is 3. The number of rotatable bonds is 8. The second-order valence-electron chi connectivity index (χ2n) is 8.15. The van der Waals surface area contributed by atoms with Crippen molar-refractivity contribution >= 4 is 45.0 Å². The molecule has 7 nitrogen and oxygen atoms in total. The predicted molar refractivity (Wildman–Crippen MR) is 145 cm³/mol. The molecule has 188 valence electrons. The molecule has 1 aromatic heterocycles. The van der Waals surface area contributed by atoms with Gasteiger partial charge >= 0.3 is 0 Å². The molecule has 1 fully saturated rings. The molecule has 1 aliphatic heterocycles. The zero-order chi connectivity index (χ0) is 24.0. The van der Waals surface area contributed by atoms with Gasteiger partial charge < -0.3 is 14.2 Å². The van der Waals surface area contributed by atoms with E-state index in [2.05, 4.69) is 4.90 Å². The number of nitrogens with zero attached hydrogens (tertiary/aromatic N) is 3. The van der Waals surface area contributed by atoms with Gasteiger partial charge in [-0.2, -0.15) is 0 Å². The molecule has 36 heavy (non-hydrogen) atoms. The Bertz CT molecular complexity index is 1290. The van der Waals surface area contributed by atoms with E-state index in [1.807, 2.05) is 66.7 Å². The van der Waals surface area contributed by atoms with E-state index in [1.165, 1.54) is 11.3 Å². The highest BCUT2D eigenvalue weighted by molar-refractivity contribution is 7.22. The maximum atomic E-state index is 14.0. The summed E-state index contributed by atoms with van der Waals surface area (Å²) in [6, 6.07) is 22.6. The van der Waals surface area contributed by atoms with Crippen molar-refractivity contribution in [1.29, 1.82) is 0 Å². The zero-order valence-corrected chi connectivity index (χ0v) is 21.6. The predicted octanol–water partition coefficient (Wildman–Crippen LogP) is 5.50. The number of morpholine rings is 1. The van der Waals surface area contributed by atoms with Gasteiger partial charge in [-0.25, -0.2) is 4.98 Å². The number of amides is 1. The molecule has 4 aromatic rings. The van der Waals surface area contributed by atoms with Crippen molar-refractivity contribution in [2.45, 2.75) is 0 Å². The largest absolute Gasteiger partial charge is 0.497 e. The van der Waals surface area contributed by atoms with Crippen LogP contribution >= 0.6 is 23.7 Å². The van der Waals surface area contributed by atoms with E-state index in [1.54, 1.807) is 18.1 Å². The minimum Gasteiger partial charge on any atom is -0.497 e. The molecule has 0 unspecified atom stereocenters. The minimum absolute atomic E-state index is 0. The molecular formula is C27H28ClN3O4S. The SMILES string of the molecule is COc1ccc2sc(N(CCN3CCOCC3)C(=O)c3ccccc3Oc3ccccc3)nc2c1.Cl. The summed E-state index contributed by atoms with van der Waals surface area (Å²) in [5, 5.41) is 0.654. The number of hydrogen-bond donors (Lipinski definition) is 0. The molecule has 1 amide bonds. The van der Waals surface area contributed by atoms with Crippen LogP contribution in [-0.2, 0) is 4.74 Å². The van der Waals surface area contributed by atoms with E-state index in [0.29, 0.717) is 42.0 Å². The summed E-state index contributed by atoms with van der Waals surface area (Å²) in [6.07, 6.45) is 0. The lowest BCUT2D eigenvalue weighted by Crippen LogP contribution is -2.43. The van der Waals surface area contributed by atoms with Crippen LogP contribution in [0.25, 0.3) is 10.2 Å². The highest BCUT2D eigenvalue weighted by atomic mass is 35.5. The molecule has 5 rings (SSSR count). The topological polar surface area (TPSA) is 64.1 Å². The van der Waals surface area contributed by atoms with Crippen molar-refractivity contribution in [2.75, 3.05) is 51.4 Å². The molecule has 0 aliphatic carbocycles. The van der Waals surface area contributed by atoms with Crippen LogP contribution in [0.3, 0.4) is 0 Å². The Labute approximate surface area is 220 Å². The number of fused-ring (bicyclic) bond motifs is 1. The first-order chi connectivity index (χ1) is 17.2. The molecule has 0 bridgehead atoms. The van der Waals surface area contributed by atoms with E-state index in [4.69, 9.17) is 19.2 Å². The monoisotopic (exact) mass is 525 g/mol. The molecule has 0 spiro atoms. The van der Waals surface area contributed by atoms with Crippen LogP contribution in [0.5, 0.6) is 17.2 Å². The second-order valence-corrected chi connectivity index (χ2v) is 9.16. The number of aromatic nitrogens is 1. The molecule has 1 aliphatic rings. The first-order valence-electron chi connectivity index (χ1n) is 11.6. The summed E-state index contributed by atoms with van der Waals surface area (Å²) in [5.74, 6) is 1.79. The first kappa shape index (κ1) is 25.9. The second kappa shape index (κ2) is 12.2. The summed E-state index contributed by atoms with van der Waals surface area (Å²) >= 11 is 1.50. The number of hydrogen-bond acceptors (Lipinski definition) is 7. The summed E-state index contributed by atoms with van der Waals surface area (Å²) in [4.78, 5) is 22.9. The fourth-order valence-electron chi connectivity index (χ4n) is 3.98. The smallest absolute Gasteiger partial charge is 0.263 e. The number of halogens is 1. The maximum Gasteiger partial charge on any atom is 0.263 e. The summed E-state index contributed by atoms with van der Waals surface area (Å²) in [6.45, 7) is 4.37. The Hall–Kier alpha value is -3.17. The molecule has 1 saturated heterocycles. The molecule has 0 N–H and O–H groups in total. The third kappa shape index (κ3) is 5.96.